The maximum Gasteiger partial charge on any atom is 0.337 e. The number of aromatic nitrogens is 3. The Morgan fingerprint density at radius 2 is 2.16 bits per heavy atom. The van der Waals surface area contributed by atoms with Crippen molar-refractivity contribution >= 4 is 23.5 Å². The van der Waals surface area contributed by atoms with E-state index in [-0.39, 0.29) is 24.3 Å². The third-order valence-electron chi connectivity index (χ3n) is 2.27. The van der Waals surface area contributed by atoms with Crippen LogP contribution in [0, 0.1) is 0 Å². The third kappa shape index (κ3) is 3.96. The van der Waals surface area contributed by atoms with Crippen LogP contribution in [-0.2, 0) is 11.2 Å². The molecule has 1 heterocycles. The molecule has 2 N–H and O–H groups in total. The highest BCUT2D eigenvalue weighted by Gasteiger charge is 2.08. The number of amides is 1. The van der Waals surface area contributed by atoms with Gasteiger partial charge >= 0.3 is 6.01 Å². The van der Waals surface area contributed by atoms with Gasteiger partial charge in [0.1, 0.15) is 0 Å². The number of nitrogens with one attached hydrogen (secondary N) is 2. The molecule has 6 nitrogen and oxygen atoms in total. The fourth-order valence-electron chi connectivity index (χ4n) is 1.46. The van der Waals surface area contributed by atoms with Gasteiger partial charge in [-0.1, -0.05) is 23.7 Å². The Morgan fingerprint density at radius 1 is 1.42 bits per heavy atom. The highest BCUT2D eigenvalue weighted by Crippen LogP contribution is 2.11. The molecule has 1 amide bonds. The van der Waals surface area contributed by atoms with Crippen LogP contribution in [0.15, 0.2) is 24.3 Å². The molecule has 2 aromatic rings. The second-order valence-electron chi connectivity index (χ2n) is 3.75. The van der Waals surface area contributed by atoms with E-state index < -0.39 is 0 Å². The smallest absolute Gasteiger partial charge is 0.337 e. The summed E-state index contributed by atoms with van der Waals surface area (Å²) in [5, 5.41) is 9.61. The molecule has 2 rings (SSSR count). The van der Waals surface area contributed by atoms with Crippen molar-refractivity contribution in [2.45, 2.75) is 13.3 Å². The summed E-state index contributed by atoms with van der Waals surface area (Å²) in [7, 11) is 0. The summed E-state index contributed by atoms with van der Waals surface area (Å²) < 4.78 is 5.08. The van der Waals surface area contributed by atoms with E-state index in [0.717, 1.165) is 5.56 Å². The van der Waals surface area contributed by atoms with Gasteiger partial charge in [-0.15, -0.1) is 5.10 Å². The molecule has 100 valence electrons. The molecule has 0 aliphatic heterocycles. The van der Waals surface area contributed by atoms with Gasteiger partial charge in [-0.25, -0.2) is 5.10 Å². The molecule has 0 saturated carbocycles. The molecular formula is C12H13ClN4O2. The minimum absolute atomic E-state index is 0.193. The lowest BCUT2D eigenvalue weighted by Crippen LogP contribution is -2.15. The highest BCUT2D eigenvalue weighted by molar-refractivity contribution is 6.30. The van der Waals surface area contributed by atoms with Crippen LogP contribution < -0.4 is 10.1 Å². The Kier molecular flexibility index (Phi) is 4.35. The fraction of sp³-hybridized carbons (Fsp3) is 0.250. The number of hydrogen-bond acceptors (Lipinski definition) is 4. The average Bonchev–Trinajstić information content (AvgIpc) is 2.80. The molecule has 0 atom stereocenters. The summed E-state index contributed by atoms with van der Waals surface area (Å²) in [4.78, 5) is 15.7. The Balaban J connectivity index is 1.91. The van der Waals surface area contributed by atoms with E-state index in [1.54, 1.807) is 24.3 Å². The predicted octanol–water partition coefficient (Wildman–Crippen LogP) is 2.04. The third-order valence-corrected chi connectivity index (χ3v) is 2.53. The topological polar surface area (TPSA) is 79.9 Å². The maximum atomic E-state index is 11.8. The number of anilines is 1. The molecule has 0 aliphatic rings. The van der Waals surface area contributed by atoms with E-state index in [1.807, 2.05) is 6.92 Å². The zero-order chi connectivity index (χ0) is 13.7. The number of hydrogen-bond donors (Lipinski definition) is 2. The molecule has 0 radical (unpaired) electrons. The van der Waals surface area contributed by atoms with Crippen LogP contribution in [0.2, 0.25) is 5.02 Å². The second-order valence-corrected chi connectivity index (χ2v) is 4.19. The summed E-state index contributed by atoms with van der Waals surface area (Å²) in [6.07, 6.45) is 0.238. The Bertz CT molecular complexity index is 553. The molecule has 0 saturated heterocycles. The van der Waals surface area contributed by atoms with Crippen LogP contribution in [0.4, 0.5) is 5.95 Å². The van der Waals surface area contributed by atoms with Crippen LogP contribution in [-0.4, -0.2) is 27.7 Å². The summed E-state index contributed by atoms with van der Waals surface area (Å²) in [6, 6.07) is 7.30. The number of benzene rings is 1. The van der Waals surface area contributed by atoms with Crippen LogP contribution in [0.1, 0.15) is 12.5 Å². The molecule has 1 aromatic heterocycles. The number of halogens is 1. The lowest BCUT2D eigenvalue weighted by molar-refractivity contribution is -0.115. The van der Waals surface area contributed by atoms with Gasteiger partial charge in [-0.05, 0) is 24.6 Å². The monoisotopic (exact) mass is 280 g/mol. The van der Waals surface area contributed by atoms with E-state index in [0.29, 0.717) is 11.6 Å². The van der Waals surface area contributed by atoms with Crippen molar-refractivity contribution in [2.24, 2.45) is 0 Å². The van der Waals surface area contributed by atoms with Crippen LogP contribution in [0.5, 0.6) is 6.01 Å². The molecule has 7 heteroatoms. The maximum absolute atomic E-state index is 11.8. The first-order valence-electron chi connectivity index (χ1n) is 5.77. The Hall–Kier alpha value is -2.08. The molecule has 0 bridgehead atoms. The van der Waals surface area contributed by atoms with E-state index in [2.05, 4.69) is 20.5 Å². The first kappa shape index (κ1) is 13.4. The normalized spacial score (nSPS) is 10.2. The largest absolute Gasteiger partial charge is 0.463 e. The molecule has 0 fully saturated rings. The van der Waals surface area contributed by atoms with Gasteiger partial charge in [-0.3, -0.25) is 10.1 Å². The Morgan fingerprint density at radius 3 is 2.84 bits per heavy atom. The standard InChI is InChI=1S/C12H13ClN4O2/c1-2-19-12-15-11(16-17-12)14-10(18)7-8-3-5-9(13)6-4-8/h3-6H,2,7H2,1H3,(H2,14,15,16,17,18). The molecule has 0 spiro atoms. The SMILES string of the molecule is CCOc1n[nH]c(NC(=O)Cc2ccc(Cl)cc2)n1. The van der Waals surface area contributed by atoms with Crippen molar-refractivity contribution in [2.75, 3.05) is 11.9 Å². The lowest BCUT2D eigenvalue weighted by Gasteiger charge is -2.01. The van der Waals surface area contributed by atoms with Gasteiger partial charge in [0.25, 0.3) is 0 Å². The van der Waals surface area contributed by atoms with Crippen molar-refractivity contribution in [3.8, 4) is 6.01 Å². The zero-order valence-corrected chi connectivity index (χ0v) is 11.1. The van der Waals surface area contributed by atoms with Gasteiger partial charge in [0.2, 0.25) is 11.9 Å². The number of carbonyl (C=O) groups is 1. The number of rotatable bonds is 5. The molecular weight excluding hydrogens is 268 g/mol. The summed E-state index contributed by atoms with van der Waals surface area (Å²) in [5.41, 5.74) is 0.867. The number of nitrogens with zero attached hydrogens (tertiary/aromatic N) is 2. The van der Waals surface area contributed by atoms with Crippen molar-refractivity contribution in [3.05, 3.63) is 34.9 Å². The first-order chi connectivity index (χ1) is 9.17. The summed E-state index contributed by atoms with van der Waals surface area (Å²) in [6.45, 7) is 2.30. The zero-order valence-electron chi connectivity index (χ0n) is 10.3. The molecule has 0 aliphatic carbocycles. The summed E-state index contributed by atoms with van der Waals surface area (Å²) >= 11 is 5.77. The predicted molar refractivity (Wildman–Crippen MR) is 71.3 cm³/mol. The van der Waals surface area contributed by atoms with Crippen LogP contribution in [0.3, 0.4) is 0 Å². The van der Waals surface area contributed by atoms with Gasteiger partial charge in [0.15, 0.2) is 0 Å². The molecule has 1 aromatic carbocycles. The number of H-pyrrole nitrogens is 1. The number of aromatic amines is 1. The fourth-order valence-corrected chi connectivity index (χ4v) is 1.59. The summed E-state index contributed by atoms with van der Waals surface area (Å²) in [5.74, 6) is 0.0731. The van der Waals surface area contributed by atoms with E-state index in [1.165, 1.54) is 0 Å². The van der Waals surface area contributed by atoms with E-state index in [4.69, 9.17) is 16.3 Å². The van der Waals surface area contributed by atoms with Gasteiger partial charge in [-0.2, -0.15) is 4.98 Å². The van der Waals surface area contributed by atoms with Crippen molar-refractivity contribution < 1.29 is 9.53 Å². The quantitative estimate of drug-likeness (QED) is 0.878. The number of carbonyl (C=O) groups excluding carboxylic acids is 1. The molecule has 0 unspecified atom stereocenters. The van der Waals surface area contributed by atoms with Gasteiger partial charge < -0.3 is 4.74 Å². The highest BCUT2D eigenvalue weighted by atomic mass is 35.5. The van der Waals surface area contributed by atoms with Crippen LogP contribution >= 0.6 is 11.6 Å². The van der Waals surface area contributed by atoms with Gasteiger partial charge in [0, 0.05) is 5.02 Å². The van der Waals surface area contributed by atoms with Crippen molar-refractivity contribution in [1.82, 2.24) is 15.2 Å². The Labute approximate surface area is 115 Å². The lowest BCUT2D eigenvalue weighted by atomic mass is 10.1. The van der Waals surface area contributed by atoms with Crippen molar-refractivity contribution in [3.63, 3.8) is 0 Å². The minimum atomic E-state index is -0.193. The van der Waals surface area contributed by atoms with E-state index in [9.17, 15) is 4.79 Å². The van der Waals surface area contributed by atoms with Crippen molar-refractivity contribution in [1.29, 1.82) is 0 Å². The van der Waals surface area contributed by atoms with Gasteiger partial charge in [0.05, 0.1) is 13.0 Å². The average molecular weight is 281 g/mol. The second kappa shape index (κ2) is 6.19. The van der Waals surface area contributed by atoms with Crippen LogP contribution in [0.25, 0.3) is 0 Å². The van der Waals surface area contributed by atoms with E-state index >= 15 is 0 Å². The first-order valence-corrected chi connectivity index (χ1v) is 6.14. The number of ether oxygens (including phenoxy) is 1. The minimum Gasteiger partial charge on any atom is -0.463 e. The molecule has 19 heavy (non-hydrogen) atoms.